The van der Waals surface area contributed by atoms with Gasteiger partial charge in [-0.05, 0) is 36.7 Å². The Balaban J connectivity index is 1.81. The van der Waals surface area contributed by atoms with Crippen LogP contribution in [-0.2, 0) is 4.79 Å². The Kier molecular flexibility index (Phi) is 4.16. The van der Waals surface area contributed by atoms with Gasteiger partial charge in [-0.2, -0.15) is 5.10 Å². The summed E-state index contributed by atoms with van der Waals surface area (Å²) in [6.45, 7) is 0.466. The Morgan fingerprint density at radius 3 is 2.82 bits per heavy atom. The Morgan fingerprint density at radius 2 is 2.05 bits per heavy atom. The van der Waals surface area contributed by atoms with Crippen LogP contribution in [0.25, 0.3) is 10.9 Å². The van der Waals surface area contributed by atoms with E-state index in [1.807, 2.05) is 48.5 Å². The van der Waals surface area contributed by atoms with Gasteiger partial charge in [0.1, 0.15) is 0 Å². The van der Waals surface area contributed by atoms with Crippen molar-refractivity contribution in [1.29, 1.82) is 0 Å². The summed E-state index contributed by atoms with van der Waals surface area (Å²) in [6, 6.07) is 15.4. The quantitative estimate of drug-likeness (QED) is 0.676. The molecule has 0 radical (unpaired) electrons. The average molecular weight is 294 g/mol. The number of aromatic nitrogens is 2. The molecule has 0 fully saturated rings. The zero-order chi connectivity index (χ0) is 15.4. The minimum Gasteiger partial charge on any atom is -0.330 e. The van der Waals surface area contributed by atoms with Gasteiger partial charge in [0, 0.05) is 11.1 Å². The summed E-state index contributed by atoms with van der Waals surface area (Å²) >= 11 is 0. The van der Waals surface area contributed by atoms with Crippen LogP contribution in [-0.4, -0.2) is 22.6 Å². The van der Waals surface area contributed by atoms with Crippen LogP contribution in [0.15, 0.2) is 54.7 Å². The molecule has 22 heavy (non-hydrogen) atoms. The minimum atomic E-state index is -0.244. The molecule has 0 aliphatic rings. The highest BCUT2D eigenvalue weighted by atomic mass is 16.1. The molecule has 112 valence electrons. The van der Waals surface area contributed by atoms with Crippen molar-refractivity contribution in [2.45, 2.75) is 12.3 Å². The first-order valence-corrected chi connectivity index (χ1v) is 7.27. The molecule has 1 atom stereocenters. The molecule has 3 rings (SSSR count). The molecular weight excluding hydrogens is 276 g/mol. The van der Waals surface area contributed by atoms with Crippen molar-refractivity contribution < 1.29 is 4.79 Å². The number of hydrogen-bond donors (Lipinski definition) is 3. The fourth-order valence-corrected chi connectivity index (χ4v) is 2.55. The third kappa shape index (κ3) is 2.99. The van der Waals surface area contributed by atoms with E-state index >= 15 is 0 Å². The van der Waals surface area contributed by atoms with Crippen LogP contribution in [0.5, 0.6) is 0 Å². The number of aromatic amines is 1. The number of fused-ring (bicyclic) bond motifs is 1. The van der Waals surface area contributed by atoms with Gasteiger partial charge in [-0.1, -0.05) is 30.3 Å². The van der Waals surface area contributed by atoms with Gasteiger partial charge < -0.3 is 11.1 Å². The Morgan fingerprint density at radius 1 is 1.23 bits per heavy atom. The zero-order valence-electron chi connectivity index (χ0n) is 12.1. The molecule has 0 unspecified atom stereocenters. The molecule has 0 saturated heterocycles. The second kappa shape index (κ2) is 6.41. The molecule has 0 aliphatic carbocycles. The third-order valence-corrected chi connectivity index (χ3v) is 3.68. The molecule has 2 aromatic carbocycles. The average Bonchev–Trinajstić information content (AvgIpc) is 3.01. The van der Waals surface area contributed by atoms with Gasteiger partial charge in [-0.3, -0.25) is 9.89 Å². The first-order valence-electron chi connectivity index (χ1n) is 7.27. The predicted octanol–water partition coefficient (Wildman–Crippen LogP) is 2.63. The smallest absolute Gasteiger partial charge is 0.231 e. The highest BCUT2D eigenvalue weighted by molar-refractivity contribution is 5.97. The lowest BCUT2D eigenvalue weighted by molar-refractivity contribution is -0.117. The largest absolute Gasteiger partial charge is 0.330 e. The monoisotopic (exact) mass is 294 g/mol. The van der Waals surface area contributed by atoms with Crippen molar-refractivity contribution in [2.75, 3.05) is 11.9 Å². The summed E-state index contributed by atoms with van der Waals surface area (Å²) < 4.78 is 0. The number of carbonyl (C=O) groups excluding carboxylic acids is 1. The van der Waals surface area contributed by atoms with E-state index in [4.69, 9.17) is 5.73 Å². The molecule has 1 aromatic heterocycles. The fourth-order valence-electron chi connectivity index (χ4n) is 2.55. The topological polar surface area (TPSA) is 83.8 Å². The molecule has 1 heterocycles. The van der Waals surface area contributed by atoms with Gasteiger partial charge in [-0.25, -0.2) is 0 Å². The van der Waals surface area contributed by atoms with Gasteiger partial charge in [0.25, 0.3) is 0 Å². The number of hydrogen-bond acceptors (Lipinski definition) is 3. The number of rotatable bonds is 5. The van der Waals surface area contributed by atoms with E-state index in [9.17, 15) is 4.79 Å². The Bertz CT molecular complexity index is 766. The van der Waals surface area contributed by atoms with E-state index in [0.717, 1.165) is 22.2 Å². The lowest BCUT2D eigenvalue weighted by atomic mass is 9.95. The van der Waals surface area contributed by atoms with Crippen LogP contribution in [0.2, 0.25) is 0 Å². The maximum atomic E-state index is 12.6. The SMILES string of the molecule is NCC[C@@H](C(=O)Nc1ccc2[nH]ncc2c1)c1ccccc1. The van der Waals surface area contributed by atoms with E-state index in [1.165, 1.54) is 0 Å². The van der Waals surface area contributed by atoms with E-state index in [2.05, 4.69) is 15.5 Å². The van der Waals surface area contributed by atoms with Crippen LogP contribution in [0, 0.1) is 0 Å². The first kappa shape index (κ1) is 14.3. The molecule has 0 spiro atoms. The van der Waals surface area contributed by atoms with Gasteiger partial charge in [0.2, 0.25) is 5.91 Å². The molecular formula is C17H18N4O. The van der Waals surface area contributed by atoms with Crippen LogP contribution in [0.4, 0.5) is 5.69 Å². The summed E-state index contributed by atoms with van der Waals surface area (Å²) in [7, 11) is 0. The molecule has 1 amide bonds. The molecule has 5 nitrogen and oxygen atoms in total. The van der Waals surface area contributed by atoms with Crippen molar-refractivity contribution in [3.8, 4) is 0 Å². The molecule has 3 aromatic rings. The van der Waals surface area contributed by atoms with Gasteiger partial charge >= 0.3 is 0 Å². The summed E-state index contributed by atoms with van der Waals surface area (Å²) in [5.41, 5.74) is 8.35. The summed E-state index contributed by atoms with van der Waals surface area (Å²) in [6.07, 6.45) is 2.35. The molecule has 0 aliphatic heterocycles. The lowest BCUT2D eigenvalue weighted by Crippen LogP contribution is -2.23. The third-order valence-electron chi connectivity index (χ3n) is 3.68. The van der Waals surface area contributed by atoms with Gasteiger partial charge in [0.05, 0.1) is 17.6 Å². The second-order valence-electron chi connectivity index (χ2n) is 5.20. The van der Waals surface area contributed by atoms with Crippen LogP contribution < -0.4 is 11.1 Å². The number of H-pyrrole nitrogens is 1. The van der Waals surface area contributed by atoms with Gasteiger partial charge in [-0.15, -0.1) is 0 Å². The highest BCUT2D eigenvalue weighted by Gasteiger charge is 2.19. The number of nitrogens with two attached hydrogens (primary N) is 1. The van der Waals surface area contributed by atoms with Crippen molar-refractivity contribution in [1.82, 2.24) is 10.2 Å². The zero-order valence-corrected chi connectivity index (χ0v) is 12.1. The highest BCUT2D eigenvalue weighted by Crippen LogP contribution is 2.23. The summed E-state index contributed by atoms with van der Waals surface area (Å²) in [5.74, 6) is -0.286. The van der Waals surface area contributed by atoms with E-state index in [0.29, 0.717) is 13.0 Å². The molecule has 0 saturated carbocycles. The summed E-state index contributed by atoms with van der Waals surface area (Å²) in [4.78, 5) is 12.6. The molecule has 4 N–H and O–H groups in total. The second-order valence-corrected chi connectivity index (χ2v) is 5.20. The predicted molar refractivity (Wildman–Crippen MR) is 87.6 cm³/mol. The number of nitrogens with zero attached hydrogens (tertiary/aromatic N) is 1. The standard InChI is InChI=1S/C17H18N4O/c18-9-8-15(12-4-2-1-3-5-12)17(22)20-14-6-7-16-13(10-14)11-19-21-16/h1-7,10-11,15H,8-9,18H2,(H,19,21)(H,20,22)/t15-/m1/s1. The number of anilines is 1. The number of benzene rings is 2. The molecule has 0 bridgehead atoms. The van der Waals surface area contributed by atoms with E-state index in [1.54, 1.807) is 6.20 Å². The maximum absolute atomic E-state index is 12.6. The van der Waals surface area contributed by atoms with Crippen molar-refractivity contribution in [3.05, 3.63) is 60.3 Å². The van der Waals surface area contributed by atoms with Crippen LogP contribution >= 0.6 is 0 Å². The molecule has 5 heteroatoms. The number of amides is 1. The van der Waals surface area contributed by atoms with Crippen molar-refractivity contribution in [3.63, 3.8) is 0 Å². The maximum Gasteiger partial charge on any atom is 0.231 e. The number of carbonyl (C=O) groups is 1. The van der Waals surface area contributed by atoms with E-state index in [-0.39, 0.29) is 11.8 Å². The van der Waals surface area contributed by atoms with Crippen LogP contribution in [0.1, 0.15) is 17.9 Å². The van der Waals surface area contributed by atoms with E-state index < -0.39 is 0 Å². The van der Waals surface area contributed by atoms with Crippen molar-refractivity contribution in [2.24, 2.45) is 5.73 Å². The Hall–Kier alpha value is -2.66. The fraction of sp³-hybridized carbons (Fsp3) is 0.176. The first-order chi connectivity index (χ1) is 10.8. The lowest BCUT2D eigenvalue weighted by Gasteiger charge is -2.16. The Labute approximate surface area is 128 Å². The normalized spacial score (nSPS) is 12.2. The summed E-state index contributed by atoms with van der Waals surface area (Å²) in [5, 5.41) is 10.8. The van der Waals surface area contributed by atoms with Gasteiger partial charge in [0.15, 0.2) is 0 Å². The van der Waals surface area contributed by atoms with Crippen LogP contribution in [0.3, 0.4) is 0 Å². The van der Waals surface area contributed by atoms with Crippen molar-refractivity contribution >= 4 is 22.5 Å². The minimum absolute atomic E-state index is 0.0421. The number of nitrogens with one attached hydrogen (secondary N) is 2.